The quantitative estimate of drug-likeness (QED) is 0.516. The molecule has 1 fully saturated rings. The molecule has 0 saturated heterocycles. The lowest BCUT2D eigenvalue weighted by molar-refractivity contribution is 0.149. The van der Waals surface area contributed by atoms with Crippen LogP contribution in [0.4, 0.5) is 0 Å². The molecule has 0 amide bonds. The Morgan fingerprint density at radius 3 is 2.70 bits per heavy atom. The van der Waals surface area contributed by atoms with Gasteiger partial charge in [0.2, 0.25) is 0 Å². The smallest absolute Gasteiger partial charge is 0.0656 e. The summed E-state index contributed by atoms with van der Waals surface area (Å²) >= 11 is 0. The van der Waals surface area contributed by atoms with Crippen LogP contribution in [0.15, 0.2) is 0 Å². The van der Waals surface area contributed by atoms with Crippen molar-refractivity contribution in [3.63, 3.8) is 0 Å². The lowest BCUT2D eigenvalue weighted by Gasteiger charge is -2.06. The second-order valence-corrected chi connectivity index (χ2v) is 3.00. The van der Waals surface area contributed by atoms with Gasteiger partial charge < -0.3 is 5.11 Å². The molecule has 0 aromatic carbocycles. The van der Waals surface area contributed by atoms with E-state index in [0.29, 0.717) is 6.42 Å². The van der Waals surface area contributed by atoms with Crippen LogP contribution in [0.25, 0.3) is 0 Å². The van der Waals surface area contributed by atoms with Gasteiger partial charge in [0.05, 0.1) is 12.2 Å². The maximum absolute atomic E-state index is 9.24. The summed E-state index contributed by atoms with van der Waals surface area (Å²) in [6, 6.07) is 2.21. The fourth-order valence-corrected chi connectivity index (χ4v) is 1.45. The highest BCUT2D eigenvalue weighted by atomic mass is 16.3. The van der Waals surface area contributed by atoms with E-state index in [0.717, 1.165) is 25.7 Å². The standard InChI is InChI=1S/C8H13NO/c9-6-7-3-1-2-4-8(10)5-7/h7-8,10H,1-5H2. The van der Waals surface area contributed by atoms with Crippen LogP contribution in [0.5, 0.6) is 0 Å². The lowest BCUT2D eigenvalue weighted by atomic mass is 10.0. The first-order valence-corrected chi connectivity index (χ1v) is 3.90. The van der Waals surface area contributed by atoms with Crippen LogP contribution in [-0.4, -0.2) is 11.2 Å². The lowest BCUT2D eigenvalue weighted by Crippen LogP contribution is -2.08. The van der Waals surface area contributed by atoms with Gasteiger partial charge in [-0.3, -0.25) is 0 Å². The monoisotopic (exact) mass is 139 g/mol. The molecular formula is C8H13NO. The maximum atomic E-state index is 9.24. The van der Waals surface area contributed by atoms with Crippen molar-refractivity contribution in [1.82, 2.24) is 0 Å². The van der Waals surface area contributed by atoms with Crippen molar-refractivity contribution < 1.29 is 5.11 Å². The summed E-state index contributed by atoms with van der Waals surface area (Å²) in [5.41, 5.74) is 0. The molecule has 0 spiro atoms. The fourth-order valence-electron chi connectivity index (χ4n) is 1.45. The third-order valence-corrected chi connectivity index (χ3v) is 2.08. The Morgan fingerprint density at radius 2 is 2.00 bits per heavy atom. The van der Waals surface area contributed by atoms with Crippen molar-refractivity contribution in [1.29, 1.82) is 5.26 Å². The van der Waals surface area contributed by atoms with Crippen molar-refractivity contribution in [2.75, 3.05) is 0 Å². The van der Waals surface area contributed by atoms with Crippen molar-refractivity contribution in [3.8, 4) is 6.07 Å². The van der Waals surface area contributed by atoms with Crippen LogP contribution in [0.1, 0.15) is 32.1 Å². The number of hydrogen-bond donors (Lipinski definition) is 1. The Morgan fingerprint density at radius 1 is 1.30 bits per heavy atom. The number of aliphatic hydroxyl groups excluding tert-OH is 1. The predicted octanol–water partition coefficient (Wildman–Crippen LogP) is 1.45. The maximum Gasteiger partial charge on any atom is 0.0656 e. The summed E-state index contributed by atoms with van der Waals surface area (Å²) in [6.45, 7) is 0. The van der Waals surface area contributed by atoms with Gasteiger partial charge in [0.25, 0.3) is 0 Å². The van der Waals surface area contributed by atoms with E-state index in [4.69, 9.17) is 5.26 Å². The SMILES string of the molecule is N#CC1CCCCC(O)C1. The highest BCUT2D eigenvalue weighted by molar-refractivity contribution is 4.86. The van der Waals surface area contributed by atoms with E-state index in [1.165, 1.54) is 0 Å². The molecule has 0 aromatic rings. The van der Waals surface area contributed by atoms with Gasteiger partial charge in [-0.25, -0.2) is 0 Å². The van der Waals surface area contributed by atoms with Crippen molar-refractivity contribution in [3.05, 3.63) is 0 Å². The van der Waals surface area contributed by atoms with E-state index in [9.17, 15) is 5.11 Å². The molecule has 0 radical (unpaired) electrons. The molecule has 0 heterocycles. The summed E-state index contributed by atoms with van der Waals surface area (Å²) in [6.07, 6.45) is 4.53. The molecule has 2 nitrogen and oxygen atoms in total. The Hall–Kier alpha value is -0.550. The molecule has 1 aliphatic carbocycles. The minimum Gasteiger partial charge on any atom is -0.393 e. The molecular weight excluding hydrogens is 126 g/mol. The van der Waals surface area contributed by atoms with Crippen LogP contribution in [-0.2, 0) is 0 Å². The van der Waals surface area contributed by atoms with E-state index in [1.807, 2.05) is 0 Å². The predicted molar refractivity (Wildman–Crippen MR) is 38.2 cm³/mol. The summed E-state index contributed by atoms with van der Waals surface area (Å²) in [4.78, 5) is 0. The van der Waals surface area contributed by atoms with Crippen molar-refractivity contribution in [2.24, 2.45) is 5.92 Å². The number of nitrogens with zero attached hydrogens (tertiary/aromatic N) is 1. The average molecular weight is 139 g/mol. The van der Waals surface area contributed by atoms with Gasteiger partial charge >= 0.3 is 0 Å². The topological polar surface area (TPSA) is 44.0 Å². The second-order valence-electron chi connectivity index (χ2n) is 3.00. The van der Waals surface area contributed by atoms with Crippen LogP contribution in [0, 0.1) is 17.2 Å². The van der Waals surface area contributed by atoms with E-state index in [-0.39, 0.29) is 12.0 Å². The second kappa shape index (κ2) is 3.58. The number of aliphatic hydroxyl groups is 1. The van der Waals surface area contributed by atoms with Gasteiger partial charge in [-0.2, -0.15) is 5.26 Å². The summed E-state index contributed by atoms with van der Waals surface area (Å²) in [5, 5.41) is 17.8. The van der Waals surface area contributed by atoms with Crippen LogP contribution >= 0.6 is 0 Å². The first-order chi connectivity index (χ1) is 4.83. The zero-order valence-electron chi connectivity index (χ0n) is 6.08. The first kappa shape index (κ1) is 7.56. The average Bonchev–Trinajstić information content (AvgIpc) is 2.13. The van der Waals surface area contributed by atoms with E-state index in [1.54, 1.807) is 0 Å². The molecule has 0 aliphatic heterocycles. The third kappa shape index (κ3) is 2.00. The Balaban J connectivity index is 2.39. The molecule has 0 bridgehead atoms. The summed E-state index contributed by atoms with van der Waals surface area (Å²) in [5.74, 6) is 0.109. The van der Waals surface area contributed by atoms with Gasteiger partial charge in [-0.15, -0.1) is 0 Å². The normalized spacial score (nSPS) is 34.4. The molecule has 1 saturated carbocycles. The van der Waals surface area contributed by atoms with Crippen molar-refractivity contribution in [2.45, 2.75) is 38.2 Å². The van der Waals surface area contributed by atoms with Gasteiger partial charge in [0.1, 0.15) is 0 Å². The highest BCUT2D eigenvalue weighted by Crippen LogP contribution is 2.22. The fraction of sp³-hybridized carbons (Fsp3) is 0.875. The molecule has 10 heavy (non-hydrogen) atoms. The van der Waals surface area contributed by atoms with Gasteiger partial charge in [-0.05, 0) is 19.3 Å². The first-order valence-electron chi connectivity index (χ1n) is 3.90. The van der Waals surface area contributed by atoms with Gasteiger partial charge in [-0.1, -0.05) is 12.8 Å². The Kier molecular flexibility index (Phi) is 2.70. The van der Waals surface area contributed by atoms with Crippen LogP contribution < -0.4 is 0 Å². The number of nitriles is 1. The highest BCUT2D eigenvalue weighted by Gasteiger charge is 2.17. The molecule has 1 rings (SSSR count). The largest absolute Gasteiger partial charge is 0.393 e. The summed E-state index contributed by atoms with van der Waals surface area (Å²) in [7, 11) is 0. The van der Waals surface area contributed by atoms with Crippen LogP contribution in [0.2, 0.25) is 0 Å². The molecule has 56 valence electrons. The molecule has 0 aromatic heterocycles. The van der Waals surface area contributed by atoms with Gasteiger partial charge in [0.15, 0.2) is 0 Å². The molecule has 1 aliphatic rings. The minimum absolute atomic E-state index is 0.109. The van der Waals surface area contributed by atoms with E-state index < -0.39 is 0 Å². The van der Waals surface area contributed by atoms with E-state index >= 15 is 0 Å². The molecule has 2 atom stereocenters. The molecule has 1 N–H and O–H groups in total. The zero-order chi connectivity index (χ0) is 7.40. The van der Waals surface area contributed by atoms with E-state index in [2.05, 4.69) is 6.07 Å². The summed E-state index contributed by atoms with van der Waals surface area (Å²) < 4.78 is 0. The Labute approximate surface area is 61.5 Å². The van der Waals surface area contributed by atoms with Gasteiger partial charge in [0, 0.05) is 5.92 Å². The molecule has 2 heteroatoms. The molecule has 2 unspecified atom stereocenters. The number of hydrogen-bond acceptors (Lipinski definition) is 2. The van der Waals surface area contributed by atoms with Crippen LogP contribution in [0.3, 0.4) is 0 Å². The van der Waals surface area contributed by atoms with Crippen molar-refractivity contribution >= 4 is 0 Å². The Bertz CT molecular complexity index is 139. The minimum atomic E-state index is -0.216. The zero-order valence-corrected chi connectivity index (χ0v) is 6.08. The number of rotatable bonds is 0. The third-order valence-electron chi connectivity index (χ3n) is 2.08.